The SMILES string of the molecule is CCOC(=O)NS(=O)(=O)NCC(N)CC(C)(C)C. The molecule has 0 spiro atoms. The van der Waals surface area contributed by atoms with E-state index in [0.29, 0.717) is 6.42 Å². The van der Waals surface area contributed by atoms with E-state index in [1.807, 2.05) is 20.8 Å². The zero-order valence-corrected chi connectivity index (χ0v) is 12.1. The fourth-order valence-corrected chi connectivity index (χ4v) is 2.17. The summed E-state index contributed by atoms with van der Waals surface area (Å²) in [6, 6.07) is -0.316. The van der Waals surface area contributed by atoms with Crippen molar-refractivity contribution in [1.29, 1.82) is 0 Å². The van der Waals surface area contributed by atoms with Gasteiger partial charge in [0.25, 0.3) is 0 Å². The van der Waals surface area contributed by atoms with Crippen LogP contribution in [-0.4, -0.2) is 33.7 Å². The van der Waals surface area contributed by atoms with Gasteiger partial charge >= 0.3 is 16.3 Å². The second-order valence-electron chi connectivity index (χ2n) is 5.20. The maximum atomic E-state index is 11.4. The lowest BCUT2D eigenvalue weighted by Gasteiger charge is -2.23. The number of hydrogen-bond acceptors (Lipinski definition) is 5. The zero-order chi connectivity index (χ0) is 14.4. The Labute approximate surface area is 109 Å². The number of rotatable bonds is 6. The second-order valence-corrected chi connectivity index (χ2v) is 6.70. The highest BCUT2D eigenvalue weighted by Crippen LogP contribution is 2.19. The van der Waals surface area contributed by atoms with E-state index in [0.717, 1.165) is 0 Å². The smallest absolute Gasteiger partial charge is 0.421 e. The van der Waals surface area contributed by atoms with Gasteiger partial charge in [0.2, 0.25) is 0 Å². The van der Waals surface area contributed by atoms with Crippen molar-refractivity contribution in [2.45, 2.75) is 40.2 Å². The molecule has 0 aliphatic carbocycles. The van der Waals surface area contributed by atoms with Crippen molar-refractivity contribution >= 4 is 16.3 Å². The molecular formula is C10H23N3O4S. The van der Waals surface area contributed by atoms with Gasteiger partial charge in [-0.05, 0) is 18.8 Å². The number of nitrogens with two attached hydrogens (primary N) is 1. The van der Waals surface area contributed by atoms with Crippen molar-refractivity contribution in [2.24, 2.45) is 11.1 Å². The molecular weight excluding hydrogens is 258 g/mol. The highest BCUT2D eigenvalue weighted by atomic mass is 32.2. The van der Waals surface area contributed by atoms with Crippen molar-refractivity contribution in [1.82, 2.24) is 9.44 Å². The standard InChI is InChI=1S/C10H23N3O4S/c1-5-17-9(14)13-18(15,16)12-7-8(11)6-10(2,3)4/h8,12H,5-7,11H2,1-4H3,(H,13,14). The monoisotopic (exact) mass is 281 g/mol. The molecule has 0 saturated heterocycles. The van der Waals surface area contributed by atoms with Gasteiger partial charge in [-0.25, -0.2) is 9.52 Å². The van der Waals surface area contributed by atoms with Crippen LogP contribution >= 0.6 is 0 Å². The van der Waals surface area contributed by atoms with Crippen molar-refractivity contribution in [3.63, 3.8) is 0 Å². The van der Waals surface area contributed by atoms with Crippen LogP contribution in [0.25, 0.3) is 0 Å². The predicted octanol–water partition coefficient (Wildman–Crippen LogP) is 0.330. The molecule has 0 aliphatic heterocycles. The molecule has 4 N–H and O–H groups in total. The lowest BCUT2D eigenvalue weighted by atomic mass is 9.88. The minimum Gasteiger partial charge on any atom is -0.449 e. The first-order chi connectivity index (χ1) is 8.06. The first-order valence-electron chi connectivity index (χ1n) is 5.75. The lowest BCUT2D eigenvalue weighted by molar-refractivity contribution is 0.158. The zero-order valence-electron chi connectivity index (χ0n) is 11.3. The Morgan fingerprint density at radius 3 is 2.39 bits per heavy atom. The molecule has 1 atom stereocenters. The van der Waals surface area contributed by atoms with Crippen LogP contribution in [0.4, 0.5) is 4.79 Å². The van der Waals surface area contributed by atoms with Gasteiger partial charge in [-0.15, -0.1) is 0 Å². The Kier molecular flexibility index (Phi) is 6.58. The van der Waals surface area contributed by atoms with Gasteiger partial charge in [-0.2, -0.15) is 13.1 Å². The van der Waals surface area contributed by atoms with Gasteiger partial charge in [0.05, 0.1) is 6.61 Å². The number of carbonyl (C=O) groups is 1. The first kappa shape index (κ1) is 17.1. The van der Waals surface area contributed by atoms with Gasteiger partial charge in [-0.1, -0.05) is 20.8 Å². The van der Waals surface area contributed by atoms with E-state index >= 15 is 0 Å². The molecule has 108 valence electrons. The predicted molar refractivity (Wildman–Crippen MR) is 69.1 cm³/mol. The summed E-state index contributed by atoms with van der Waals surface area (Å²) in [7, 11) is -3.91. The van der Waals surface area contributed by atoms with Gasteiger partial charge in [-0.3, -0.25) is 0 Å². The first-order valence-corrected chi connectivity index (χ1v) is 7.24. The Morgan fingerprint density at radius 1 is 1.39 bits per heavy atom. The van der Waals surface area contributed by atoms with Crippen LogP contribution in [0.1, 0.15) is 34.1 Å². The lowest BCUT2D eigenvalue weighted by Crippen LogP contribution is -2.46. The van der Waals surface area contributed by atoms with Crippen LogP contribution < -0.4 is 15.2 Å². The van der Waals surface area contributed by atoms with Crippen molar-refractivity contribution in [3.8, 4) is 0 Å². The van der Waals surface area contributed by atoms with Gasteiger partial charge in [0.15, 0.2) is 0 Å². The highest BCUT2D eigenvalue weighted by Gasteiger charge is 2.19. The average molecular weight is 281 g/mol. The summed E-state index contributed by atoms with van der Waals surface area (Å²) in [4.78, 5) is 10.9. The summed E-state index contributed by atoms with van der Waals surface area (Å²) in [5.41, 5.74) is 5.80. The molecule has 0 saturated carbocycles. The molecule has 0 radical (unpaired) electrons. The molecule has 0 aromatic carbocycles. The van der Waals surface area contributed by atoms with Crippen LogP contribution in [0.15, 0.2) is 0 Å². The van der Waals surface area contributed by atoms with Crippen LogP contribution in [0.3, 0.4) is 0 Å². The summed E-state index contributed by atoms with van der Waals surface area (Å²) in [5.74, 6) is 0. The Morgan fingerprint density at radius 2 is 1.94 bits per heavy atom. The second kappa shape index (κ2) is 6.91. The van der Waals surface area contributed by atoms with Crippen LogP contribution in [0, 0.1) is 5.41 Å². The average Bonchev–Trinajstić information content (AvgIpc) is 2.11. The van der Waals surface area contributed by atoms with E-state index in [4.69, 9.17) is 5.73 Å². The molecule has 0 bridgehead atoms. The van der Waals surface area contributed by atoms with Gasteiger partial charge in [0, 0.05) is 12.6 Å². The van der Waals surface area contributed by atoms with E-state index in [9.17, 15) is 13.2 Å². The summed E-state index contributed by atoms with van der Waals surface area (Å²) in [6.07, 6.45) is -0.344. The Bertz CT molecular complexity index is 362. The highest BCUT2D eigenvalue weighted by molar-refractivity contribution is 7.88. The number of hydrogen-bond donors (Lipinski definition) is 3. The molecule has 1 amide bonds. The molecule has 1 unspecified atom stereocenters. The van der Waals surface area contributed by atoms with E-state index in [1.165, 1.54) is 0 Å². The van der Waals surface area contributed by atoms with Gasteiger partial charge < -0.3 is 10.5 Å². The van der Waals surface area contributed by atoms with Crippen molar-refractivity contribution < 1.29 is 17.9 Å². The number of nitrogens with one attached hydrogen (secondary N) is 2. The maximum Gasteiger partial charge on any atom is 0.421 e. The molecule has 0 aromatic heterocycles. The maximum absolute atomic E-state index is 11.4. The van der Waals surface area contributed by atoms with E-state index in [-0.39, 0.29) is 24.6 Å². The summed E-state index contributed by atoms with van der Waals surface area (Å²) in [6.45, 7) is 7.78. The topological polar surface area (TPSA) is 111 Å². The largest absolute Gasteiger partial charge is 0.449 e. The van der Waals surface area contributed by atoms with Crippen LogP contribution in [0.2, 0.25) is 0 Å². The molecule has 18 heavy (non-hydrogen) atoms. The minimum atomic E-state index is -3.91. The Balaban J connectivity index is 4.15. The third-order valence-corrected chi connectivity index (χ3v) is 2.89. The fourth-order valence-electron chi connectivity index (χ4n) is 1.38. The normalized spacial score (nSPS) is 14.1. The number of ether oxygens (including phenoxy) is 1. The molecule has 7 nitrogen and oxygen atoms in total. The van der Waals surface area contributed by atoms with Crippen LogP contribution in [-0.2, 0) is 14.9 Å². The molecule has 0 heterocycles. The van der Waals surface area contributed by atoms with Crippen molar-refractivity contribution in [3.05, 3.63) is 0 Å². The quantitative estimate of drug-likeness (QED) is 0.650. The molecule has 0 aliphatic rings. The molecule has 0 rings (SSSR count). The fraction of sp³-hybridized carbons (Fsp3) is 0.900. The van der Waals surface area contributed by atoms with E-state index < -0.39 is 16.3 Å². The number of carbonyl (C=O) groups excluding carboxylic acids is 1. The van der Waals surface area contributed by atoms with Crippen LogP contribution in [0.5, 0.6) is 0 Å². The summed E-state index contributed by atoms with van der Waals surface area (Å²) < 4.78 is 31.2. The van der Waals surface area contributed by atoms with E-state index in [2.05, 4.69) is 9.46 Å². The number of amides is 1. The van der Waals surface area contributed by atoms with E-state index in [1.54, 1.807) is 11.6 Å². The Hall–Kier alpha value is -0.860. The minimum absolute atomic E-state index is 0.0133. The molecule has 8 heteroatoms. The summed E-state index contributed by atoms with van der Waals surface area (Å²) in [5, 5.41) is 0. The third kappa shape index (κ3) is 9.20. The van der Waals surface area contributed by atoms with Crippen molar-refractivity contribution in [2.75, 3.05) is 13.2 Å². The third-order valence-electron chi connectivity index (χ3n) is 1.90. The van der Waals surface area contributed by atoms with Gasteiger partial charge in [0.1, 0.15) is 0 Å². The molecule has 0 fully saturated rings. The summed E-state index contributed by atoms with van der Waals surface area (Å²) >= 11 is 0. The molecule has 0 aromatic rings.